The van der Waals surface area contributed by atoms with Crippen LogP contribution in [0.25, 0.3) is 0 Å². The molecule has 1 unspecified atom stereocenters. The Bertz CT molecular complexity index is 630. The topological polar surface area (TPSA) is 39.1 Å². The molecule has 1 saturated heterocycles. The molecule has 1 heterocycles. The summed E-state index contributed by atoms with van der Waals surface area (Å²) in [7, 11) is 0. The molecule has 21 heavy (non-hydrogen) atoms. The molecule has 0 spiro atoms. The van der Waals surface area contributed by atoms with E-state index in [-0.39, 0.29) is 0 Å². The summed E-state index contributed by atoms with van der Waals surface area (Å²) in [4.78, 5) is 2.47. The fraction of sp³-hybridized carbons (Fsp3) is 0.278. The highest BCUT2D eigenvalue weighted by molar-refractivity contribution is 5.49. The van der Waals surface area contributed by atoms with Crippen LogP contribution in [0.1, 0.15) is 17.5 Å². The highest BCUT2D eigenvalue weighted by Gasteiger charge is 2.22. The molecule has 0 amide bonds. The highest BCUT2D eigenvalue weighted by atomic mass is 15.2. The molecular formula is C18H19N3. The maximum absolute atomic E-state index is 8.94. The minimum atomic E-state index is 0.461. The first-order chi connectivity index (χ1) is 10.3. The molecule has 3 heteroatoms. The lowest BCUT2D eigenvalue weighted by Gasteiger charge is -2.17. The largest absolute Gasteiger partial charge is 0.381 e. The van der Waals surface area contributed by atoms with Crippen LogP contribution in [0.5, 0.6) is 0 Å². The number of nitriles is 1. The minimum absolute atomic E-state index is 0.461. The third kappa shape index (κ3) is 3.62. The summed E-state index contributed by atoms with van der Waals surface area (Å²) >= 11 is 0. The van der Waals surface area contributed by atoms with Gasteiger partial charge in [-0.3, -0.25) is 4.90 Å². The van der Waals surface area contributed by atoms with Crippen LogP contribution in [0, 0.1) is 11.3 Å². The fourth-order valence-corrected chi connectivity index (χ4v) is 2.85. The number of anilines is 1. The van der Waals surface area contributed by atoms with Crippen molar-refractivity contribution in [2.45, 2.75) is 19.0 Å². The first kappa shape index (κ1) is 13.7. The molecule has 0 aliphatic carbocycles. The SMILES string of the molecule is N#Cc1cccc(NC2CCN(Cc3ccccc3)C2)c1. The first-order valence-corrected chi connectivity index (χ1v) is 7.36. The number of hydrogen-bond acceptors (Lipinski definition) is 3. The molecule has 1 fully saturated rings. The van der Waals surface area contributed by atoms with Gasteiger partial charge in [-0.05, 0) is 30.2 Å². The summed E-state index contributed by atoms with van der Waals surface area (Å²) in [5, 5.41) is 12.5. The quantitative estimate of drug-likeness (QED) is 0.932. The Morgan fingerprint density at radius 1 is 1.14 bits per heavy atom. The van der Waals surface area contributed by atoms with Crippen LogP contribution in [0.4, 0.5) is 5.69 Å². The lowest BCUT2D eigenvalue weighted by atomic mass is 10.2. The average molecular weight is 277 g/mol. The summed E-state index contributed by atoms with van der Waals surface area (Å²) in [6, 6.07) is 20.9. The Morgan fingerprint density at radius 2 is 2.00 bits per heavy atom. The Balaban J connectivity index is 1.56. The van der Waals surface area contributed by atoms with Crippen LogP contribution in [0.15, 0.2) is 54.6 Å². The lowest BCUT2D eigenvalue weighted by Crippen LogP contribution is -2.25. The number of benzene rings is 2. The predicted molar refractivity (Wildman–Crippen MR) is 84.9 cm³/mol. The van der Waals surface area contributed by atoms with Crippen LogP contribution in [-0.4, -0.2) is 24.0 Å². The number of hydrogen-bond donors (Lipinski definition) is 1. The Labute approximate surface area is 125 Å². The molecule has 2 aromatic carbocycles. The van der Waals surface area contributed by atoms with Crippen LogP contribution in [-0.2, 0) is 6.54 Å². The smallest absolute Gasteiger partial charge is 0.0992 e. The van der Waals surface area contributed by atoms with Gasteiger partial charge in [-0.2, -0.15) is 5.26 Å². The van der Waals surface area contributed by atoms with Gasteiger partial charge < -0.3 is 5.32 Å². The zero-order valence-electron chi connectivity index (χ0n) is 12.0. The van der Waals surface area contributed by atoms with Crippen molar-refractivity contribution in [2.75, 3.05) is 18.4 Å². The van der Waals surface area contributed by atoms with E-state index in [1.54, 1.807) is 0 Å². The van der Waals surface area contributed by atoms with Gasteiger partial charge in [-0.1, -0.05) is 36.4 Å². The minimum Gasteiger partial charge on any atom is -0.381 e. The van der Waals surface area contributed by atoms with E-state index < -0.39 is 0 Å². The van der Waals surface area contributed by atoms with E-state index in [2.05, 4.69) is 46.6 Å². The second-order valence-corrected chi connectivity index (χ2v) is 5.54. The molecule has 1 aliphatic rings. The summed E-state index contributed by atoms with van der Waals surface area (Å²) in [6.45, 7) is 3.17. The fourth-order valence-electron chi connectivity index (χ4n) is 2.85. The predicted octanol–water partition coefficient (Wildman–Crippen LogP) is 3.24. The lowest BCUT2D eigenvalue weighted by molar-refractivity contribution is 0.328. The van der Waals surface area contributed by atoms with Crippen molar-refractivity contribution in [3.8, 4) is 6.07 Å². The second-order valence-electron chi connectivity index (χ2n) is 5.54. The van der Waals surface area contributed by atoms with Gasteiger partial charge in [0.15, 0.2) is 0 Å². The molecule has 0 aromatic heterocycles. The molecule has 0 radical (unpaired) electrons. The standard InChI is InChI=1S/C18H19N3/c19-12-16-7-4-8-17(11-16)20-18-9-10-21(14-18)13-15-5-2-1-3-6-15/h1-8,11,18,20H,9-10,13-14H2. The number of likely N-dealkylation sites (tertiary alicyclic amines) is 1. The van der Waals surface area contributed by atoms with Crippen molar-refractivity contribution in [2.24, 2.45) is 0 Å². The van der Waals surface area contributed by atoms with Crippen molar-refractivity contribution < 1.29 is 0 Å². The van der Waals surface area contributed by atoms with Gasteiger partial charge in [0.2, 0.25) is 0 Å². The van der Waals surface area contributed by atoms with Gasteiger partial charge in [0.25, 0.3) is 0 Å². The van der Waals surface area contributed by atoms with Gasteiger partial charge >= 0.3 is 0 Å². The average Bonchev–Trinajstić information content (AvgIpc) is 2.95. The van der Waals surface area contributed by atoms with Crippen molar-refractivity contribution in [1.29, 1.82) is 5.26 Å². The van der Waals surface area contributed by atoms with Gasteiger partial charge in [-0.25, -0.2) is 0 Å². The van der Waals surface area contributed by atoms with E-state index in [1.807, 2.05) is 24.3 Å². The Hall–Kier alpha value is -2.31. The van der Waals surface area contributed by atoms with Gasteiger partial charge in [0, 0.05) is 31.4 Å². The van der Waals surface area contributed by atoms with E-state index in [0.717, 1.165) is 31.7 Å². The summed E-state index contributed by atoms with van der Waals surface area (Å²) < 4.78 is 0. The summed E-state index contributed by atoms with van der Waals surface area (Å²) in [5.74, 6) is 0. The number of nitrogens with one attached hydrogen (secondary N) is 1. The summed E-state index contributed by atoms with van der Waals surface area (Å²) in [6.07, 6.45) is 1.14. The highest BCUT2D eigenvalue weighted by Crippen LogP contribution is 2.18. The molecule has 1 atom stereocenters. The Kier molecular flexibility index (Phi) is 4.18. The van der Waals surface area contributed by atoms with Crippen molar-refractivity contribution in [3.63, 3.8) is 0 Å². The van der Waals surface area contributed by atoms with E-state index in [1.165, 1.54) is 5.56 Å². The summed E-state index contributed by atoms with van der Waals surface area (Å²) in [5.41, 5.74) is 3.12. The third-order valence-electron chi connectivity index (χ3n) is 3.88. The molecule has 3 rings (SSSR count). The van der Waals surface area contributed by atoms with Crippen molar-refractivity contribution >= 4 is 5.69 Å². The van der Waals surface area contributed by atoms with E-state index >= 15 is 0 Å². The van der Waals surface area contributed by atoms with Gasteiger partial charge in [0.1, 0.15) is 0 Å². The van der Waals surface area contributed by atoms with Crippen LogP contribution < -0.4 is 5.32 Å². The third-order valence-corrected chi connectivity index (χ3v) is 3.88. The molecule has 106 valence electrons. The molecule has 1 aliphatic heterocycles. The normalized spacial score (nSPS) is 18.3. The maximum Gasteiger partial charge on any atom is 0.0992 e. The zero-order chi connectivity index (χ0) is 14.5. The van der Waals surface area contributed by atoms with Gasteiger partial charge in [-0.15, -0.1) is 0 Å². The Morgan fingerprint density at radius 3 is 2.81 bits per heavy atom. The maximum atomic E-state index is 8.94. The molecule has 2 aromatic rings. The molecule has 3 nitrogen and oxygen atoms in total. The molecule has 1 N–H and O–H groups in total. The van der Waals surface area contributed by atoms with Crippen molar-refractivity contribution in [1.82, 2.24) is 4.90 Å². The monoisotopic (exact) mass is 277 g/mol. The molecule has 0 saturated carbocycles. The van der Waals surface area contributed by atoms with Crippen molar-refractivity contribution in [3.05, 3.63) is 65.7 Å². The van der Waals surface area contributed by atoms with Crippen LogP contribution >= 0.6 is 0 Å². The van der Waals surface area contributed by atoms with E-state index in [0.29, 0.717) is 11.6 Å². The first-order valence-electron chi connectivity index (χ1n) is 7.36. The van der Waals surface area contributed by atoms with Crippen LogP contribution in [0.3, 0.4) is 0 Å². The number of rotatable bonds is 4. The molecule has 0 bridgehead atoms. The second kappa shape index (κ2) is 6.43. The van der Waals surface area contributed by atoms with E-state index in [9.17, 15) is 0 Å². The van der Waals surface area contributed by atoms with E-state index in [4.69, 9.17) is 5.26 Å². The number of nitrogens with zero attached hydrogens (tertiary/aromatic N) is 2. The zero-order valence-corrected chi connectivity index (χ0v) is 12.0. The van der Waals surface area contributed by atoms with Gasteiger partial charge in [0.05, 0.1) is 11.6 Å². The van der Waals surface area contributed by atoms with Crippen LogP contribution in [0.2, 0.25) is 0 Å². The molecular weight excluding hydrogens is 258 g/mol.